The van der Waals surface area contributed by atoms with E-state index in [2.05, 4.69) is 5.32 Å². The largest absolute Gasteiger partial charge is 0.497 e. The molecule has 174 valence electrons. The van der Waals surface area contributed by atoms with Crippen LogP contribution in [-0.4, -0.2) is 28.3 Å². The molecule has 1 amide bonds. The highest BCUT2D eigenvalue weighted by atomic mass is 32.2. The lowest BCUT2D eigenvalue weighted by Crippen LogP contribution is -2.23. The molecule has 1 N–H and O–H groups in total. The summed E-state index contributed by atoms with van der Waals surface area (Å²) in [6, 6.07) is 12.8. The maximum atomic E-state index is 13.8. The quantitative estimate of drug-likeness (QED) is 0.294. The van der Waals surface area contributed by atoms with Crippen molar-refractivity contribution in [3.8, 4) is 11.4 Å². The summed E-state index contributed by atoms with van der Waals surface area (Å²) < 4.78 is 20.0. The first-order chi connectivity index (χ1) is 16.5. The third kappa shape index (κ3) is 4.45. The van der Waals surface area contributed by atoms with Gasteiger partial charge in [0.05, 0.1) is 23.9 Å². The van der Waals surface area contributed by atoms with E-state index in [9.17, 15) is 14.0 Å². The number of nitrogens with one attached hydrogen (secondary N) is 1. The number of aromatic nitrogens is 2. The number of hydrogen-bond acceptors (Lipinski definition) is 6. The molecule has 5 rings (SSSR count). The van der Waals surface area contributed by atoms with Crippen LogP contribution in [0.2, 0.25) is 0 Å². The summed E-state index contributed by atoms with van der Waals surface area (Å²) in [5.41, 5.74) is 2.18. The predicted molar refractivity (Wildman–Crippen MR) is 134 cm³/mol. The van der Waals surface area contributed by atoms with Crippen molar-refractivity contribution in [3.05, 3.63) is 75.1 Å². The van der Waals surface area contributed by atoms with Gasteiger partial charge in [-0.15, -0.1) is 11.3 Å². The number of hydrogen-bond donors (Lipinski definition) is 1. The smallest absolute Gasteiger partial charge is 0.267 e. The molecular weight excluding hydrogens is 473 g/mol. The van der Waals surface area contributed by atoms with Crippen molar-refractivity contribution < 1.29 is 13.9 Å². The maximum absolute atomic E-state index is 13.8. The topological polar surface area (TPSA) is 73.2 Å². The van der Waals surface area contributed by atoms with Gasteiger partial charge >= 0.3 is 0 Å². The predicted octanol–water partition coefficient (Wildman–Crippen LogP) is 5.20. The Morgan fingerprint density at radius 3 is 2.62 bits per heavy atom. The standard InChI is InChI=1S/C25H22FN3O3S2/c1-32-18-12-10-17(11-13-18)29-24(31)22-19-4-2-3-5-20(19)34-23(22)28-25(29)33-14-21(30)27-16-8-6-15(26)7-9-16/h6-13H,2-5,14H2,1H3,(H,27,30). The van der Waals surface area contributed by atoms with Crippen LogP contribution in [0.4, 0.5) is 10.1 Å². The van der Waals surface area contributed by atoms with Crippen LogP contribution in [0, 0.1) is 5.82 Å². The van der Waals surface area contributed by atoms with Crippen LogP contribution in [0.1, 0.15) is 23.3 Å². The number of nitrogens with zero attached hydrogens (tertiary/aromatic N) is 2. The number of ether oxygens (including phenoxy) is 1. The molecule has 0 saturated carbocycles. The first kappa shape index (κ1) is 22.6. The monoisotopic (exact) mass is 495 g/mol. The molecule has 0 bridgehead atoms. The number of halogens is 1. The first-order valence-electron chi connectivity index (χ1n) is 10.9. The molecule has 1 aliphatic rings. The number of carbonyl (C=O) groups excluding carboxylic acids is 1. The Hall–Kier alpha value is -3.17. The second-order valence-corrected chi connectivity index (χ2v) is 9.99. The van der Waals surface area contributed by atoms with Gasteiger partial charge in [0.25, 0.3) is 5.56 Å². The molecule has 4 aromatic rings. The highest BCUT2D eigenvalue weighted by molar-refractivity contribution is 7.99. The molecule has 34 heavy (non-hydrogen) atoms. The van der Waals surface area contributed by atoms with Crippen LogP contribution in [0.15, 0.2) is 58.5 Å². The number of thiophene rings is 1. The molecule has 0 radical (unpaired) electrons. The van der Waals surface area contributed by atoms with E-state index in [1.54, 1.807) is 35.1 Å². The van der Waals surface area contributed by atoms with Crippen LogP contribution in [0.25, 0.3) is 15.9 Å². The van der Waals surface area contributed by atoms with Crippen LogP contribution in [0.5, 0.6) is 5.75 Å². The molecule has 0 aliphatic heterocycles. The van der Waals surface area contributed by atoms with Gasteiger partial charge in [0.15, 0.2) is 5.16 Å². The summed E-state index contributed by atoms with van der Waals surface area (Å²) in [5, 5.41) is 3.89. The van der Waals surface area contributed by atoms with Gasteiger partial charge in [0, 0.05) is 10.6 Å². The van der Waals surface area contributed by atoms with Crippen molar-refractivity contribution in [3.63, 3.8) is 0 Å². The molecular formula is C25H22FN3O3S2. The lowest BCUT2D eigenvalue weighted by Gasteiger charge is -2.14. The van der Waals surface area contributed by atoms with Crippen molar-refractivity contribution in [1.29, 1.82) is 0 Å². The number of carbonyl (C=O) groups is 1. The third-order valence-corrected chi connectivity index (χ3v) is 7.87. The molecule has 0 unspecified atom stereocenters. The van der Waals surface area contributed by atoms with Gasteiger partial charge in [-0.05, 0) is 79.8 Å². The summed E-state index contributed by atoms with van der Waals surface area (Å²) in [4.78, 5) is 33.1. The second kappa shape index (κ2) is 9.60. The van der Waals surface area contributed by atoms with Crippen LogP contribution in [0.3, 0.4) is 0 Å². The summed E-state index contributed by atoms with van der Waals surface area (Å²) in [6.07, 6.45) is 4.06. The number of anilines is 1. The summed E-state index contributed by atoms with van der Waals surface area (Å²) in [6.45, 7) is 0. The molecule has 0 saturated heterocycles. The highest BCUT2D eigenvalue weighted by Gasteiger charge is 2.23. The molecule has 9 heteroatoms. The van der Waals surface area contributed by atoms with Gasteiger partial charge in [0.2, 0.25) is 5.91 Å². The minimum Gasteiger partial charge on any atom is -0.497 e. The Morgan fingerprint density at radius 1 is 1.15 bits per heavy atom. The number of fused-ring (bicyclic) bond motifs is 3. The Balaban J connectivity index is 1.51. The molecule has 2 aromatic carbocycles. The lowest BCUT2D eigenvalue weighted by molar-refractivity contribution is -0.113. The van der Waals surface area contributed by atoms with Crippen molar-refractivity contribution in [2.24, 2.45) is 0 Å². The van der Waals surface area contributed by atoms with E-state index in [4.69, 9.17) is 9.72 Å². The van der Waals surface area contributed by atoms with Crippen LogP contribution < -0.4 is 15.6 Å². The average molecular weight is 496 g/mol. The van der Waals surface area contributed by atoms with Gasteiger partial charge in [-0.2, -0.15) is 0 Å². The number of methoxy groups -OCH3 is 1. The summed E-state index contributed by atoms with van der Waals surface area (Å²) in [5.74, 6) is 0.104. The molecule has 2 heterocycles. The van der Waals surface area contributed by atoms with E-state index < -0.39 is 0 Å². The number of rotatable bonds is 6. The van der Waals surface area contributed by atoms with Crippen molar-refractivity contribution in [2.45, 2.75) is 30.8 Å². The maximum Gasteiger partial charge on any atom is 0.267 e. The molecule has 0 atom stereocenters. The normalized spacial score (nSPS) is 13.0. The molecule has 1 aliphatic carbocycles. The first-order valence-corrected chi connectivity index (χ1v) is 12.7. The second-order valence-electron chi connectivity index (χ2n) is 7.97. The van der Waals surface area contributed by atoms with Crippen molar-refractivity contribution in [2.75, 3.05) is 18.2 Å². The number of aryl methyl sites for hydroxylation is 2. The average Bonchev–Trinajstić information content (AvgIpc) is 3.23. The minimum absolute atomic E-state index is 0.0522. The van der Waals surface area contributed by atoms with E-state index in [0.29, 0.717) is 27.7 Å². The molecule has 0 spiro atoms. The minimum atomic E-state index is -0.368. The number of thioether (sulfide) groups is 1. The van der Waals surface area contributed by atoms with Crippen LogP contribution >= 0.6 is 23.1 Å². The van der Waals surface area contributed by atoms with Gasteiger partial charge < -0.3 is 10.1 Å². The fraction of sp³-hybridized carbons (Fsp3) is 0.240. The van der Waals surface area contributed by atoms with Crippen molar-refractivity contribution in [1.82, 2.24) is 9.55 Å². The van der Waals surface area contributed by atoms with E-state index in [-0.39, 0.29) is 23.0 Å². The van der Waals surface area contributed by atoms with Crippen LogP contribution in [-0.2, 0) is 17.6 Å². The van der Waals surface area contributed by atoms with E-state index in [1.807, 2.05) is 12.1 Å². The lowest BCUT2D eigenvalue weighted by atomic mass is 9.97. The Labute approximate surface area is 203 Å². The molecule has 0 fully saturated rings. The Morgan fingerprint density at radius 2 is 1.88 bits per heavy atom. The van der Waals surface area contributed by atoms with Crippen molar-refractivity contribution >= 4 is 44.9 Å². The Bertz CT molecular complexity index is 1410. The van der Waals surface area contributed by atoms with Gasteiger partial charge in [-0.25, -0.2) is 9.37 Å². The number of benzene rings is 2. The summed E-state index contributed by atoms with van der Waals surface area (Å²) in [7, 11) is 1.59. The summed E-state index contributed by atoms with van der Waals surface area (Å²) >= 11 is 2.78. The highest BCUT2D eigenvalue weighted by Crippen LogP contribution is 2.35. The van der Waals surface area contributed by atoms with Gasteiger partial charge in [-0.1, -0.05) is 11.8 Å². The van der Waals surface area contributed by atoms with E-state index in [0.717, 1.165) is 36.1 Å². The third-order valence-electron chi connectivity index (χ3n) is 5.75. The number of amides is 1. The zero-order chi connectivity index (χ0) is 23.7. The molecule has 6 nitrogen and oxygen atoms in total. The van der Waals surface area contributed by atoms with E-state index in [1.165, 1.54) is 40.9 Å². The zero-order valence-corrected chi connectivity index (χ0v) is 20.1. The fourth-order valence-electron chi connectivity index (χ4n) is 4.10. The van der Waals surface area contributed by atoms with Gasteiger partial charge in [-0.3, -0.25) is 14.2 Å². The van der Waals surface area contributed by atoms with Gasteiger partial charge in [0.1, 0.15) is 16.4 Å². The molecule has 2 aromatic heterocycles. The SMILES string of the molecule is COc1ccc(-n2c(SCC(=O)Nc3ccc(F)cc3)nc3sc4c(c3c2=O)CCCC4)cc1. The zero-order valence-electron chi connectivity index (χ0n) is 18.5. The Kier molecular flexibility index (Phi) is 6.38. The fourth-order valence-corrected chi connectivity index (χ4v) is 6.22. The van der Waals surface area contributed by atoms with E-state index >= 15 is 0 Å².